The minimum atomic E-state index is -0.516. The maximum Gasteiger partial charge on any atom is 0.407 e. The number of fused-ring (bicyclic) bond motifs is 2. The fraction of sp³-hybridized carbons (Fsp3) is 0.812. The number of piperidine rings is 1. The average molecular weight is 325 g/mol. The number of ether oxygens (including phenoxy) is 1. The number of hydrogen-bond acceptors (Lipinski definition) is 4. The van der Waals surface area contributed by atoms with Crippen LogP contribution in [0.5, 0.6) is 0 Å². The van der Waals surface area contributed by atoms with Crippen LogP contribution >= 0.6 is 0 Å². The van der Waals surface area contributed by atoms with Crippen LogP contribution in [0.3, 0.4) is 0 Å². The van der Waals surface area contributed by atoms with Gasteiger partial charge in [0.2, 0.25) is 11.8 Å². The zero-order valence-corrected chi connectivity index (χ0v) is 14.3. The molecule has 23 heavy (non-hydrogen) atoms. The van der Waals surface area contributed by atoms with Crippen LogP contribution in [-0.4, -0.2) is 54.1 Å². The van der Waals surface area contributed by atoms with E-state index in [4.69, 9.17) is 4.74 Å². The molecule has 7 nitrogen and oxygen atoms in total. The number of likely N-dealkylation sites (tertiary alicyclic amines) is 1. The van der Waals surface area contributed by atoms with Crippen LogP contribution in [0.15, 0.2) is 0 Å². The highest BCUT2D eigenvalue weighted by Crippen LogP contribution is 2.37. The molecule has 0 aromatic carbocycles. The van der Waals surface area contributed by atoms with Crippen molar-refractivity contribution >= 4 is 17.9 Å². The van der Waals surface area contributed by atoms with E-state index < -0.39 is 11.7 Å². The zero-order valence-electron chi connectivity index (χ0n) is 14.3. The SMILES string of the molecule is CC(=O)NCC(=O)N1C[C@H]2CC[C@@H](C1)C2NC(=O)OC(C)(C)C. The van der Waals surface area contributed by atoms with Crippen molar-refractivity contribution < 1.29 is 19.1 Å². The minimum Gasteiger partial charge on any atom is -0.444 e. The summed E-state index contributed by atoms with van der Waals surface area (Å²) in [4.78, 5) is 36.8. The quantitative estimate of drug-likeness (QED) is 0.806. The molecule has 1 aliphatic carbocycles. The molecule has 3 atom stereocenters. The van der Waals surface area contributed by atoms with E-state index in [0.717, 1.165) is 12.8 Å². The molecule has 2 fully saturated rings. The first-order valence-corrected chi connectivity index (χ1v) is 8.17. The van der Waals surface area contributed by atoms with Crippen LogP contribution in [0.25, 0.3) is 0 Å². The van der Waals surface area contributed by atoms with Crippen LogP contribution < -0.4 is 10.6 Å². The number of nitrogens with one attached hydrogen (secondary N) is 2. The topological polar surface area (TPSA) is 87.7 Å². The number of rotatable bonds is 3. The highest BCUT2D eigenvalue weighted by molar-refractivity contribution is 5.83. The van der Waals surface area contributed by atoms with Crippen molar-refractivity contribution in [2.45, 2.75) is 52.2 Å². The molecule has 2 rings (SSSR count). The van der Waals surface area contributed by atoms with Gasteiger partial charge in [-0.05, 0) is 45.4 Å². The third kappa shape index (κ3) is 4.84. The monoisotopic (exact) mass is 325 g/mol. The van der Waals surface area contributed by atoms with E-state index in [9.17, 15) is 14.4 Å². The maximum absolute atomic E-state index is 12.1. The molecule has 0 spiro atoms. The van der Waals surface area contributed by atoms with Gasteiger partial charge < -0.3 is 20.3 Å². The molecular weight excluding hydrogens is 298 g/mol. The lowest BCUT2D eigenvalue weighted by molar-refractivity contribution is -0.134. The summed E-state index contributed by atoms with van der Waals surface area (Å²) in [6, 6.07) is 0.0645. The van der Waals surface area contributed by atoms with Crippen molar-refractivity contribution in [3.05, 3.63) is 0 Å². The fourth-order valence-corrected chi connectivity index (χ4v) is 3.42. The highest BCUT2D eigenvalue weighted by atomic mass is 16.6. The van der Waals surface area contributed by atoms with Crippen LogP contribution in [0.4, 0.5) is 4.79 Å². The van der Waals surface area contributed by atoms with E-state index in [0.29, 0.717) is 13.1 Å². The third-order valence-electron chi connectivity index (χ3n) is 4.36. The largest absolute Gasteiger partial charge is 0.444 e. The molecule has 0 aromatic rings. The van der Waals surface area contributed by atoms with Gasteiger partial charge in [-0.3, -0.25) is 9.59 Å². The van der Waals surface area contributed by atoms with E-state index >= 15 is 0 Å². The van der Waals surface area contributed by atoms with Crippen molar-refractivity contribution in [1.82, 2.24) is 15.5 Å². The summed E-state index contributed by atoms with van der Waals surface area (Å²) in [5.74, 6) is 0.237. The van der Waals surface area contributed by atoms with Gasteiger partial charge in [0.15, 0.2) is 0 Å². The van der Waals surface area contributed by atoms with Gasteiger partial charge in [0.05, 0.1) is 6.54 Å². The Balaban J connectivity index is 1.88. The normalized spacial score (nSPS) is 26.6. The molecule has 3 amide bonds. The van der Waals surface area contributed by atoms with Crippen LogP contribution in [0.1, 0.15) is 40.5 Å². The summed E-state index contributed by atoms with van der Waals surface area (Å²) in [6.07, 6.45) is 1.60. The van der Waals surface area contributed by atoms with Gasteiger partial charge >= 0.3 is 6.09 Å². The van der Waals surface area contributed by atoms with Gasteiger partial charge in [-0.2, -0.15) is 0 Å². The Kier molecular flexibility index (Phi) is 5.16. The molecule has 0 radical (unpaired) electrons. The van der Waals surface area contributed by atoms with E-state index in [1.807, 2.05) is 20.8 Å². The van der Waals surface area contributed by atoms with Crippen LogP contribution in [0, 0.1) is 11.8 Å². The molecule has 1 aliphatic heterocycles. The molecule has 1 saturated heterocycles. The second-order valence-electron chi connectivity index (χ2n) is 7.48. The molecule has 130 valence electrons. The maximum atomic E-state index is 12.1. The molecule has 2 N–H and O–H groups in total. The first kappa shape index (κ1) is 17.6. The third-order valence-corrected chi connectivity index (χ3v) is 4.36. The average Bonchev–Trinajstić information content (AvgIpc) is 2.65. The Bertz CT molecular complexity index is 472. The van der Waals surface area contributed by atoms with Crippen molar-refractivity contribution in [3.63, 3.8) is 0 Å². The van der Waals surface area contributed by atoms with Gasteiger partial charge in [0.1, 0.15) is 5.60 Å². The second kappa shape index (κ2) is 6.76. The predicted octanol–water partition coefficient (Wildman–Crippen LogP) is 0.884. The van der Waals surface area contributed by atoms with E-state index in [1.165, 1.54) is 6.92 Å². The molecule has 1 heterocycles. The van der Waals surface area contributed by atoms with Crippen molar-refractivity contribution in [3.8, 4) is 0 Å². The summed E-state index contributed by atoms with van der Waals surface area (Å²) in [5.41, 5.74) is -0.516. The van der Waals surface area contributed by atoms with Gasteiger partial charge in [-0.25, -0.2) is 4.79 Å². The number of carbonyl (C=O) groups is 3. The molecular formula is C16H27N3O4. The van der Waals surface area contributed by atoms with Crippen molar-refractivity contribution in [2.24, 2.45) is 11.8 Å². The summed E-state index contributed by atoms with van der Waals surface area (Å²) >= 11 is 0. The summed E-state index contributed by atoms with van der Waals surface area (Å²) < 4.78 is 5.33. The minimum absolute atomic E-state index is 0.0406. The fourth-order valence-electron chi connectivity index (χ4n) is 3.42. The Morgan fingerprint density at radius 3 is 2.17 bits per heavy atom. The summed E-state index contributed by atoms with van der Waals surface area (Å²) in [6.45, 7) is 8.19. The van der Waals surface area contributed by atoms with Crippen molar-refractivity contribution in [2.75, 3.05) is 19.6 Å². The molecule has 1 unspecified atom stereocenters. The predicted molar refractivity (Wildman–Crippen MR) is 84.6 cm³/mol. The summed E-state index contributed by atoms with van der Waals surface area (Å²) in [7, 11) is 0. The second-order valence-corrected chi connectivity index (χ2v) is 7.48. The van der Waals surface area contributed by atoms with Gasteiger partial charge in [-0.1, -0.05) is 0 Å². The number of alkyl carbamates (subject to hydrolysis) is 1. The van der Waals surface area contributed by atoms with Gasteiger partial charge in [0, 0.05) is 26.1 Å². The molecule has 1 saturated carbocycles. The Morgan fingerprint density at radius 2 is 1.70 bits per heavy atom. The lowest BCUT2D eigenvalue weighted by atomic mass is 9.92. The molecule has 0 aromatic heterocycles. The lowest BCUT2D eigenvalue weighted by Gasteiger charge is -2.38. The van der Waals surface area contributed by atoms with Crippen LogP contribution in [-0.2, 0) is 14.3 Å². The lowest BCUT2D eigenvalue weighted by Crippen LogP contribution is -2.55. The number of nitrogens with zero attached hydrogens (tertiary/aromatic N) is 1. The first-order chi connectivity index (χ1) is 10.7. The van der Waals surface area contributed by atoms with Crippen LogP contribution in [0.2, 0.25) is 0 Å². The van der Waals surface area contributed by atoms with E-state index in [1.54, 1.807) is 4.90 Å². The number of carbonyl (C=O) groups excluding carboxylic acids is 3. The molecule has 2 bridgehead atoms. The van der Waals surface area contributed by atoms with Crippen molar-refractivity contribution in [1.29, 1.82) is 0 Å². The number of amides is 3. The smallest absolute Gasteiger partial charge is 0.407 e. The summed E-state index contributed by atoms with van der Waals surface area (Å²) in [5, 5.41) is 5.52. The zero-order chi connectivity index (χ0) is 17.2. The molecule has 7 heteroatoms. The van der Waals surface area contributed by atoms with E-state index in [2.05, 4.69) is 10.6 Å². The van der Waals surface area contributed by atoms with E-state index in [-0.39, 0.29) is 36.2 Å². The van der Waals surface area contributed by atoms with Gasteiger partial charge in [-0.15, -0.1) is 0 Å². The molecule has 2 aliphatic rings. The first-order valence-electron chi connectivity index (χ1n) is 8.17. The number of hydrogen-bond donors (Lipinski definition) is 2. The Hall–Kier alpha value is -1.79. The Morgan fingerprint density at radius 1 is 1.13 bits per heavy atom. The highest BCUT2D eigenvalue weighted by Gasteiger charge is 2.44. The Labute approximate surface area is 137 Å². The van der Waals surface area contributed by atoms with Gasteiger partial charge in [0.25, 0.3) is 0 Å². The standard InChI is InChI=1S/C16H27N3O4/c1-10(20)17-7-13(21)19-8-11-5-6-12(9-19)14(11)18-15(22)23-16(2,3)4/h11-12,14H,5-9H2,1-4H3,(H,17,20)(H,18,22)/t11-,12+,14?.